The molecule has 1 aliphatic carbocycles. The number of nitrogens with zero attached hydrogens (tertiary/aromatic N) is 2. The fourth-order valence-corrected chi connectivity index (χ4v) is 2.38. The van der Waals surface area contributed by atoms with Crippen LogP contribution >= 0.6 is 11.6 Å². The molecule has 0 saturated heterocycles. The predicted molar refractivity (Wildman–Crippen MR) is 87.5 cm³/mol. The third-order valence-corrected chi connectivity index (χ3v) is 3.78. The highest BCUT2D eigenvalue weighted by molar-refractivity contribution is 6.31. The molecule has 0 spiro atoms. The van der Waals surface area contributed by atoms with Crippen molar-refractivity contribution in [1.82, 2.24) is 9.97 Å². The molecule has 1 heterocycles. The molecule has 22 heavy (non-hydrogen) atoms. The number of aromatic nitrogens is 2. The van der Waals surface area contributed by atoms with Crippen molar-refractivity contribution < 1.29 is 4.79 Å². The second-order valence-corrected chi connectivity index (χ2v) is 5.74. The van der Waals surface area contributed by atoms with Gasteiger partial charge in [0, 0.05) is 17.3 Å². The number of nitrogens with one attached hydrogen (secondary N) is 2. The minimum absolute atomic E-state index is 0.210. The highest BCUT2D eigenvalue weighted by Gasteiger charge is 2.22. The molecule has 1 aromatic heterocycles. The summed E-state index contributed by atoms with van der Waals surface area (Å²) in [4.78, 5) is 20.6. The lowest BCUT2D eigenvalue weighted by Gasteiger charge is -2.14. The Morgan fingerprint density at radius 3 is 2.91 bits per heavy atom. The SMILES string of the molecule is CCc1ncncc1C(=O)Nc1ccc(Cl)cc1NC1CC1. The van der Waals surface area contributed by atoms with Crippen LogP contribution in [0, 0.1) is 0 Å². The lowest BCUT2D eigenvalue weighted by atomic mass is 10.1. The van der Waals surface area contributed by atoms with E-state index in [1.807, 2.05) is 13.0 Å². The highest BCUT2D eigenvalue weighted by Crippen LogP contribution is 2.32. The maximum Gasteiger partial charge on any atom is 0.259 e. The number of benzene rings is 1. The zero-order chi connectivity index (χ0) is 15.5. The van der Waals surface area contributed by atoms with E-state index in [9.17, 15) is 4.79 Å². The monoisotopic (exact) mass is 316 g/mol. The van der Waals surface area contributed by atoms with Crippen LogP contribution in [0.1, 0.15) is 35.8 Å². The summed E-state index contributed by atoms with van der Waals surface area (Å²) in [6, 6.07) is 5.87. The van der Waals surface area contributed by atoms with Gasteiger partial charge in [-0.3, -0.25) is 4.79 Å². The van der Waals surface area contributed by atoms with Gasteiger partial charge in [0.2, 0.25) is 0 Å². The van der Waals surface area contributed by atoms with Crippen LogP contribution < -0.4 is 10.6 Å². The average Bonchev–Trinajstić information content (AvgIpc) is 3.34. The molecule has 0 bridgehead atoms. The Morgan fingerprint density at radius 1 is 1.36 bits per heavy atom. The van der Waals surface area contributed by atoms with Gasteiger partial charge in [0.05, 0.1) is 22.6 Å². The van der Waals surface area contributed by atoms with Gasteiger partial charge in [-0.05, 0) is 37.5 Å². The maximum atomic E-state index is 12.5. The summed E-state index contributed by atoms with van der Waals surface area (Å²) in [6.07, 6.45) is 5.97. The molecule has 3 rings (SSSR count). The van der Waals surface area contributed by atoms with E-state index in [-0.39, 0.29) is 5.91 Å². The molecule has 2 aromatic rings. The molecule has 5 nitrogen and oxygen atoms in total. The Morgan fingerprint density at radius 2 is 2.18 bits per heavy atom. The molecule has 0 atom stereocenters. The van der Waals surface area contributed by atoms with Crippen molar-refractivity contribution in [2.24, 2.45) is 0 Å². The first-order chi connectivity index (χ1) is 10.7. The molecule has 0 unspecified atom stereocenters. The number of carbonyl (C=O) groups is 1. The minimum atomic E-state index is -0.210. The predicted octanol–water partition coefficient (Wildman–Crippen LogP) is 3.52. The maximum absolute atomic E-state index is 12.5. The minimum Gasteiger partial charge on any atom is -0.381 e. The number of hydrogen-bond acceptors (Lipinski definition) is 4. The van der Waals surface area contributed by atoms with Crippen molar-refractivity contribution in [2.45, 2.75) is 32.2 Å². The van der Waals surface area contributed by atoms with E-state index in [1.165, 1.54) is 6.33 Å². The number of amides is 1. The van der Waals surface area contributed by atoms with Gasteiger partial charge < -0.3 is 10.6 Å². The van der Waals surface area contributed by atoms with Crippen LogP contribution in [0.2, 0.25) is 5.02 Å². The van der Waals surface area contributed by atoms with Gasteiger partial charge in [-0.15, -0.1) is 0 Å². The molecule has 0 radical (unpaired) electrons. The number of hydrogen-bond donors (Lipinski definition) is 2. The molecule has 0 aliphatic heterocycles. The second-order valence-electron chi connectivity index (χ2n) is 5.30. The van der Waals surface area contributed by atoms with Crippen LogP contribution in [-0.4, -0.2) is 21.9 Å². The Hall–Kier alpha value is -2.14. The van der Waals surface area contributed by atoms with E-state index in [0.717, 1.165) is 24.2 Å². The van der Waals surface area contributed by atoms with Gasteiger partial charge in [0.25, 0.3) is 5.91 Å². The zero-order valence-electron chi connectivity index (χ0n) is 12.3. The fraction of sp³-hybridized carbons (Fsp3) is 0.312. The van der Waals surface area contributed by atoms with Gasteiger partial charge >= 0.3 is 0 Å². The first-order valence-corrected chi connectivity index (χ1v) is 7.71. The lowest BCUT2D eigenvalue weighted by molar-refractivity contribution is 0.102. The topological polar surface area (TPSA) is 66.9 Å². The van der Waals surface area contributed by atoms with Gasteiger partial charge in [-0.1, -0.05) is 18.5 Å². The standard InChI is InChI=1S/C16H17ClN4O/c1-2-13-12(8-18-9-19-13)16(22)21-14-6-3-10(17)7-15(14)20-11-4-5-11/h3,6-9,11,20H,2,4-5H2,1H3,(H,21,22). The normalized spacial score (nSPS) is 13.7. The third kappa shape index (κ3) is 3.36. The van der Waals surface area contributed by atoms with E-state index < -0.39 is 0 Å². The highest BCUT2D eigenvalue weighted by atomic mass is 35.5. The molecule has 1 saturated carbocycles. The second kappa shape index (κ2) is 6.32. The molecule has 1 aliphatic rings. The van der Waals surface area contributed by atoms with Gasteiger partial charge in [-0.25, -0.2) is 9.97 Å². The van der Waals surface area contributed by atoms with Crippen molar-refractivity contribution in [1.29, 1.82) is 0 Å². The van der Waals surface area contributed by atoms with E-state index >= 15 is 0 Å². The van der Waals surface area contributed by atoms with Gasteiger partial charge in [0.15, 0.2) is 0 Å². The lowest BCUT2D eigenvalue weighted by Crippen LogP contribution is -2.17. The van der Waals surface area contributed by atoms with E-state index in [1.54, 1.807) is 18.3 Å². The molecule has 6 heteroatoms. The van der Waals surface area contributed by atoms with Crippen molar-refractivity contribution >= 4 is 28.9 Å². The summed E-state index contributed by atoms with van der Waals surface area (Å²) < 4.78 is 0. The molecule has 2 N–H and O–H groups in total. The van der Waals surface area contributed by atoms with Crippen molar-refractivity contribution in [2.75, 3.05) is 10.6 Å². The van der Waals surface area contributed by atoms with Crippen molar-refractivity contribution in [3.05, 3.63) is 47.0 Å². The van der Waals surface area contributed by atoms with Crippen LogP contribution in [0.5, 0.6) is 0 Å². The first-order valence-electron chi connectivity index (χ1n) is 7.33. The summed E-state index contributed by atoms with van der Waals surface area (Å²) in [5, 5.41) is 6.94. The average molecular weight is 317 g/mol. The largest absolute Gasteiger partial charge is 0.381 e. The summed E-state index contributed by atoms with van der Waals surface area (Å²) in [7, 11) is 0. The van der Waals surface area contributed by atoms with Crippen molar-refractivity contribution in [3.8, 4) is 0 Å². The van der Waals surface area contributed by atoms with Gasteiger partial charge in [-0.2, -0.15) is 0 Å². The number of rotatable bonds is 5. The fourth-order valence-electron chi connectivity index (χ4n) is 2.21. The Balaban J connectivity index is 1.84. The van der Waals surface area contributed by atoms with Crippen LogP contribution in [0.4, 0.5) is 11.4 Å². The Kier molecular flexibility index (Phi) is 4.24. The summed E-state index contributed by atoms with van der Waals surface area (Å²) in [5.41, 5.74) is 2.79. The van der Waals surface area contributed by atoms with E-state index in [0.29, 0.717) is 28.7 Å². The van der Waals surface area contributed by atoms with Crippen LogP contribution in [0.3, 0.4) is 0 Å². The number of anilines is 2. The molecular formula is C16H17ClN4O. The number of carbonyl (C=O) groups excluding carboxylic acids is 1. The van der Waals surface area contributed by atoms with E-state index in [2.05, 4.69) is 20.6 Å². The van der Waals surface area contributed by atoms with Crippen LogP contribution in [0.15, 0.2) is 30.7 Å². The third-order valence-electron chi connectivity index (χ3n) is 3.54. The number of halogens is 1. The Labute approximate surface area is 134 Å². The quantitative estimate of drug-likeness (QED) is 0.885. The summed E-state index contributed by atoms with van der Waals surface area (Å²) >= 11 is 6.05. The van der Waals surface area contributed by atoms with Crippen LogP contribution in [-0.2, 0) is 6.42 Å². The van der Waals surface area contributed by atoms with Crippen LogP contribution in [0.25, 0.3) is 0 Å². The smallest absolute Gasteiger partial charge is 0.259 e. The van der Waals surface area contributed by atoms with Crippen molar-refractivity contribution in [3.63, 3.8) is 0 Å². The zero-order valence-corrected chi connectivity index (χ0v) is 13.0. The van der Waals surface area contributed by atoms with Gasteiger partial charge in [0.1, 0.15) is 6.33 Å². The summed E-state index contributed by atoms with van der Waals surface area (Å²) in [6.45, 7) is 1.96. The number of aryl methyl sites for hydroxylation is 1. The molecule has 1 aromatic carbocycles. The molecule has 114 valence electrons. The first kappa shape index (κ1) is 14.8. The van der Waals surface area contributed by atoms with E-state index in [4.69, 9.17) is 11.6 Å². The summed E-state index contributed by atoms with van der Waals surface area (Å²) in [5.74, 6) is -0.210. The molecule has 1 fully saturated rings. The molecular weight excluding hydrogens is 300 g/mol. The Bertz CT molecular complexity index is 700. The molecule has 1 amide bonds.